The van der Waals surface area contributed by atoms with Gasteiger partial charge in [-0.3, -0.25) is 0 Å². The Kier molecular flexibility index (Phi) is 5.86. The Morgan fingerprint density at radius 2 is 2.04 bits per heavy atom. The first-order chi connectivity index (χ1) is 10.8. The third kappa shape index (κ3) is 3.95. The number of methoxy groups -OCH3 is 1. The number of halogens is 1. The van der Waals surface area contributed by atoms with E-state index in [-0.39, 0.29) is 11.2 Å². The van der Waals surface area contributed by atoms with Gasteiger partial charge in [0.25, 0.3) is 0 Å². The van der Waals surface area contributed by atoms with E-state index in [2.05, 4.69) is 20.1 Å². The monoisotopic (exact) mass is 429 g/mol. The van der Waals surface area contributed by atoms with Crippen LogP contribution in [0.1, 0.15) is 11.1 Å². The summed E-state index contributed by atoms with van der Waals surface area (Å²) in [6.07, 6.45) is 1.55. The molecule has 0 spiro atoms. The molecule has 0 aliphatic carbocycles. The minimum absolute atomic E-state index is 0.00390. The van der Waals surface area contributed by atoms with Crippen LogP contribution in [0, 0.1) is 12.7 Å². The molecule has 6 heteroatoms. The van der Waals surface area contributed by atoms with Crippen LogP contribution in [0.3, 0.4) is 0 Å². The first-order valence-electron chi connectivity index (χ1n) is 7.71. The molecule has 126 valence electrons. The van der Waals surface area contributed by atoms with Crippen molar-refractivity contribution in [1.29, 1.82) is 0 Å². The third-order valence-corrected chi connectivity index (χ3v) is 9.50. The molecule has 1 aromatic carbocycles. The molecule has 0 saturated heterocycles. The summed E-state index contributed by atoms with van der Waals surface area (Å²) in [5.41, 5.74) is 1.22. The molecule has 1 aromatic heterocycles. The van der Waals surface area contributed by atoms with Crippen LogP contribution in [0.4, 0.5) is 4.39 Å². The normalized spacial score (nSPS) is 12.1. The van der Waals surface area contributed by atoms with E-state index in [4.69, 9.17) is 9.15 Å². The molecular weight excluding hydrogens is 404 g/mol. The zero-order valence-electron chi connectivity index (χ0n) is 14.4. The summed E-state index contributed by atoms with van der Waals surface area (Å²) < 4.78 is 25.9. The topological polar surface area (TPSA) is 51.5 Å². The molecule has 1 N–H and O–H groups in total. The standard InChI is InChI=1S/C14H15FNO3.3CH3.Sn/c1-9-13(15)10(8-16-4-6-18-2)7-11-12(17)3-5-19-14(9)11;;;;/h5,7,16H,4,6,8H2,1-2H3;3*1H3;. The number of benzene rings is 1. The van der Waals surface area contributed by atoms with Gasteiger partial charge in [0.05, 0.1) is 0 Å². The maximum absolute atomic E-state index is 14.5. The molecule has 0 fully saturated rings. The Balaban J connectivity index is 2.52. The number of rotatable bonds is 6. The molecule has 0 saturated carbocycles. The number of hydrogen-bond acceptors (Lipinski definition) is 4. The van der Waals surface area contributed by atoms with E-state index in [1.165, 1.54) is 0 Å². The molecule has 2 rings (SSSR count). The molecule has 0 amide bonds. The Hall–Kier alpha value is -0.921. The fraction of sp³-hybridized carbons (Fsp3) is 0.471. The summed E-state index contributed by atoms with van der Waals surface area (Å²) in [5.74, 6) is -0.322. The summed E-state index contributed by atoms with van der Waals surface area (Å²) in [6.45, 7) is 3.19. The van der Waals surface area contributed by atoms with Crippen LogP contribution < -0.4 is 14.3 Å². The molecule has 0 radical (unpaired) electrons. The van der Waals surface area contributed by atoms with Gasteiger partial charge < -0.3 is 0 Å². The van der Waals surface area contributed by atoms with Crippen molar-refractivity contribution in [3.05, 3.63) is 39.5 Å². The fourth-order valence-corrected chi connectivity index (χ4v) is 6.03. The van der Waals surface area contributed by atoms with Gasteiger partial charge in [0.15, 0.2) is 0 Å². The van der Waals surface area contributed by atoms with Gasteiger partial charge in [-0.15, -0.1) is 0 Å². The van der Waals surface area contributed by atoms with Crippen molar-refractivity contribution in [2.24, 2.45) is 0 Å². The Bertz CT molecular complexity index is 765. The van der Waals surface area contributed by atoms with Crippen molar-refractivity contribution < 1.29 is 13.5 Å². The van der Waals surface area contributed by atoms with E-state index in [1.54, 1.807) is 26.4 Å². The van der Waals surface area contributed by atoms with E-state index < -0.39 is 18.4 Å². The predicted octanol–water partition coefficient (Wildman–Crippen LogP) is 2.52. The predicted molar refractivity (Wildman–Crippen MR) is 93.7 cm³/mol. The summed E-state index contributed by atoms with van der Waals surface area (Å²) in [5, 5.41) is 3.60. The molecule has 0 bridgehead atoms. The second-order valence-corrected chi connectivity index (χ2v) is 21.1. The first kappa shape index (κ1) is 18.4. The van der Waals surface area contributed by atoms with Gasteiger partial charge in [-0.25, -0.2) is 0 Å². The van der Waals surface area contributed by atoms with Gasteiger partial charge in [0.2, 0.25) is 0 Å². The summed E-state index contributed by atoms with van der Waals surface area (Å²) in [7, 11) is 1.62. The third-order valence-electron chi connectivity index (χ3n) is 3.91. The van der Waals surface area contributed by atoms with Crippen LogP contribution in [0.2, 0.25) is 14.8 Å². The first-order valence-corrected chi connectivity index (χ1v) is 17.7. The van der Waals surface area contributed by atoms with Gasteiger partial charge in [0, 0.05) is 0 Å². The molecule has 1 heterocycles. The molecule has 0 aliphatic heterocycles. The average molecular weight is 428 g/mol. The van der Waals surface area contributed by atoms with Gasteiger partial charge >= 0.3 is 140 Å². The molecule has 0 unspecified atom stereocenters. The van der Waals surface area contributed by atoms with Crippen molar-refractivity contribution in [3.8, 4) is 0 Å². The van der Waals surface area contributed by atoms with Crippen LogP contribution >= 0.6 is 0 Å². The van der Waals surface area contributed by atoms with E-state index in [1.807, 2.05) is 0 Å². The van der Waals surface area contributed by atoms with E-state index in [9.17, 15) is 9.18 Å². The number of ether oxygens (including phenoxy) is 1. The van der Waals surface area contributed by atoms with E-state index >= 15 is 0 Å². The fourth-order valence-electron chi connectivity index (χ4n) is 2.53. The van der Waals surface area contributed by atoms with Gasteiger partial charge in [-0.1, -0.05) is 0 Å². The van der Waals surface area contributed by atoms with Crippen LogP contribution in [0.15, 0.2) is 21.5 Å². The van der Waals surface area contributed by atoms with Crippen LogP contribution in [-0.4, -0.2) is 38.6 Å². The summed E-state index contributed by atoms with van der Waals surface area (Å²) >= 11 is -2.57. The zero-order valence-corrected chi connectivity index (χ0v) is 17.2. The Morgan fingerprint density at radius 1 is 1.35 bits per heavy atom. The van der Waals surface area contributed by atoms with Gasteiger partial charge in [-0.2, -0.15) is 0 Å². The number of aryl methyl sites for hydroxylation is 1. The number of hydrogen-bond donors (Lipinski definition) is 1. The van der Waals surface area contributed by atoms with Gasteiger partial charge in [-0.05, 0) is 0 Å². The summed E-state index contributed by atoms with van der Waals surface area (Å²) in [4.78, 5) is 19.3. The molecule has 0 aliphatic rings. The average Bonchev–Trinajstić information content (AvgIpc) is 2.48. The molecule has 2 aromatic rings. The molecule has 0 atom stereocenters. The Labute approximate surface area is 139 Å². The van der Waals surface area contributed by atoms with Crippen LogP contribution in [0.5, 0.6) is 0 Å². The van der Waals surface area contributed by atoms with Crippen molar-refractivity contribution >= 4 is 32.9 Å². The quantitative estimate of drug-likeness (QED) is 0.568. The number of nitrogens with one attached hydrogen (secondary N) is 1. The van der Waals surface area contributed by atoms with Crippen LogP contribution in [-0.2, 0) is 11.3 Å². The second kappa shape index (κ2) is 7.32. The summed E-state index contributed by atoms with van der Waals surface area (Å²) in [6, 6.07) is 1.63. The molecule has 4 nitrogen and oxygen atoms in total. The van der Waals surface area contributed by atoms with Crippen molar-refractivity contribution in [1.82, 2.24) is 5.32 Å². The minimum atomic E-state index is -2.57. The van der Waals surface area contributed by atoms with Crippen molar-refractivity contribution in [2.75, 3.05) is 20.3 Å². The molecule has 23 heavy (non-hydrogen) atoms. The van der Waals surface area contributed by atoms with E-state index in [0.29, 0.717) is 41.8 Å². The molecular formula is C17H24FNO3Sn. The van der Waals surface area contributed by atoms with Gasteiger partial charge in [0.1, 0.15) is 0 Å². The van der Waals surface area contributed by atoms with Crippen LogP contribution in [0.25, 0.3) is 11.0 Å². The second-order valence-electron chi connectivity index (χ2n) is 6.75. The zero-order chi connectivity index (χ0) is 17.2. The van der Waals surface area contributed by atoms with E-state index in [0.717, 1.165) is 3.58 Å². The Morgan fingerprint density at radius 3 is 2.65 bits per heavy atom. The van der Waals surface area contributed by atoms with Crippen molar-refractivity contribution in [2.45, 2.75) is 28.3 Å². The maximum atomic E-state index is 14.5. The van der Waals surface area contributed by atoms with Crippen molar-refractivity contribution in [3.63, 3.8) is 0 Å². The number of fused-ring (bicyclic) bond motifs is 1. The SMILES string of the molecule is COCCNCc1cc2c(=O)[c]([Sn]([CH3])([CH3])[CH3])coc2c(C)c1F.